The lowest BCUT2D eigenvalue weighted by atomic mass is 10.1. The van der Waals surface area contributed by atoms with Crippen molar-refractivity contribution < 1.29 is 0 Å². The molecule has 2 aliphatic rings. The standard InChI is InChI=1S/C9H14N4/c1-6(13-11-5-10-12-13)9-7-3-2-4-8(7)9/h5-9H,2-4H2,1H3/t6?,7-,8+,9?. The van der Waals surface area contributed by atoms with Crippen LogP contribution in [0.4, 0.5) is 0 Å². The first-order valence-electron chi connectivity index (χ1n) is 5.10. The fourth-order valence-corrected chi connectivity index (χ4v) is 3.11. The molecule has 0 amide bonds. The molecule has 0 radical (unpaired) electrons. The Kier molecular flexibility index (Phi) is 1.45. The Hall–Kier alpha value is -0.930. The summed E-state index contributed by atoms with van der Waals surface area (Å²) in [7, 11) is 0. The zero-order chi connectivity index (χ0) is 8.84. The van der Waals surface area contributed by atoms with E-state index in [-0.39, 0.29) is 0 Å². The lowest BCUT2D eigenvalue weighted by molar-refractivity contribution is 0.342. The fourth-order valence-electron chi connectivity index (χ4n) is 3.11. The van der Waals surface area contributed by atoms with Crippen LogP contribution in [0.2, 0.25) is 0 Å². The zero-order valence-electron chi connectivity index (χ0n) is 7.80. The molecule has 0 spiro atoms. The van der Waals surface area contributed by atoms with Crippen LogP contribution in [0, 0.1) is 17.8 Å². The second-order valence-electron chi connectivity index (χ2n) is 4.33. The van der Waals surface area contributed by atoms with E-state index in [2.05, 4.69) is 22.3 Å². The Bertz CT molecular complexity index is 285. The van der Waals surface area contributed by atoms with Crippen molar-refractivity contribution in [2.75, 3.05) is 0 Å². The molecule has 0 N–H and O–H groups in total. The van der Waals surface area contributed by atoms with Crippen LogP contribution in [-0.4, -0.2) is 20.2 Å². The minimum absolute atomic E-state index is 0.456. The number of hydrogen-bond acceptors (Lipinski definition) is 3. The van der Waals surface area contributed by atoms with E-state index in [1.54, 1.807) is 4.80 Å². The molecule has 1 heterocycles. The van der Waals surface area contributed by atoms with Crippen molar-refractivity contribution >= 4 is 0 Å². The highest BCUT2D eigenvalue weighted by Crippen LogP contribution is 2.61. The molecule has 4 atom stereocenters. The monoisotopic (exact) mass is 178 g/mol. The number of aromatic nitrogens is 4. The number of tetrazole rings is 1. The first kappa shape index (κ1) is 7.47. The Labute approximate surface area is 77.3 Å². The average Bonchev–Trinajstić information content (AvgIpc) is 2.68. The molecule has 1 aromatic heterocycles. The summed E-state index contributed by atoms with van der Waals surface area (Å²) in [6.45, 7) is 2.21. The van der Waals surface area contributed by atoms with Crippen LogP contribution in [0.1, 0.15) is 32.2 Å². The van der Waals surface area contributed by atoms with Gasteiger partial charge in [0.1, 0.15) is 0 Å². The summed E-state index contributed by atoms with van der Waals surface area (Å²) < 4.78 is 0. The van der Waals surface area contributed by atoms with Gasteiger partial charge in [0, 0.05) is 0 Å². The molecule has 4 heteroatoms. The maximum Gasteiger partial charge on any atom is 0.162 e. The van der Waals surface area contributed by atoms with E-state index in [1.165, 1.54) is 25.6 Å². The molecule has 70 valence electrons. The third-order valence-electron chi connectivity index (χ3n) is 3.76. The molecule has 2 saturated carbocycles. The first-order valence-corrected chi connectivity index (χ1v) is 5.10. The number of nitrogens with zero attached hydrogens (tertiary/aromatic N) is 4. The van der Waals surface area contributed by atoms with E-state index in [0.29, 0.717) is 6.04 Å². The second-order valence-corrected chi connectivity index (χ2v) is 4.33. The van der Waals surface area contributed by atoms with Crippen molar-refractivity contribution in [2.45, 2.75) is 32.2 Å². The number of rotatable bonds is 2. The maximum atomic E-state index is 4.10. The third-order valence-corrected chi connectivity index (χ3v) is 3.76. The van der Waals surface area contributed by atoms with Crippen molar-refractivity contribution in [2.24, 2.45) is 17.8 Å². The molecule has 0 aromatic carbocycles. The Morgan fingerprint density at radius 3 is 2.77 bits per heavy atom. The van der Waals surface area contributed by atoms with Gasteiger partial charge in [0.25, 0.3) is 0 Å². The molecular weight excluding hydrogens is 164 g/mol. The minimum Gasteiger partial charge on any atom is -0.161 e. The molecule has 4 nitrogen and oxygen atoms in total. The van der Waals surface area contributed by atoms with Gasteiger partial charge in [-0.15, -0.1) is 10.2 Å². The lowest BCUT2D eigenvalue weighted by Gasteiger charge is -2.10. The molecule has 1 aromatic rings. The smallest absolute Gasteiger partial charge is 0.161 e. The summed E-state index contributed by atoms with van der Waals surface area (Å²) in [6, 6.07) is 0.456. The zero-order valence-corrected chi connectivity index (χ0v) is 7.80. The van der Waals surface area contributed by atoms with Gasteiger partial charge in [-0.1, -0.05) is 6.42 Å². The van der Waals surface area contributed by atoms with Crippen molar-refractivity contribution in [1.29, 1.82) is 0 Å². The van der Waals surface area contributed by atoms with Crippen LogP contribution in [0.25, 0.3) is 0 Å². The number of hydrogen-bond donors (Lipinski definition) is 0. The van der Waals surface area contributed by atoms with Gasteiger partial charge in [-0.2, -0.15) is 4.80 Å². The average molecular weight is 178 g/mol. The summed E-state index contributed by atoms with van der Waals surface area (Å²) in [5, 5.41) is 11.8. The van der Waals surface area contributed by atoms with Gasteiger partial charge in [0.05, 0.1) is 6.04 Å². The van der Waals surface area contributed by atoms with E-state index in [1.807, 2.05) is 0 Å². The van der Waals surface area contributed by atoms with Gasteiger partial charge < -0.3 is 0 Å². The lowest BCUT2D eigenvalue weighted by Crippen LogP contribution is -2.13. The van der Waals surface area contributed by atoms with E-state index >= 15 is 0 Å². The summed E-state index contributed by atoms with van der Waals surface area (Å²) in [4.78, 5) is 1.77. The molecule has 0 aliphatic heterocycles. The van der Waals surface area contributed by atoms with E-state index < -0.39 is 0 Å². The number of fused-ring (bicyclic) bond motifs is 1. The van der Waals surface area contributed by atoms with Gasteiger partial charge in [-0.05, 0) is 42.7 Å². The third kappa shape index (κ3) is 1.01. The maximum absolute atomic E-state index is 4.10. The Morgan fingerprint density at radius 2 is 2.15 bits per heavy atom. The van der Waals surface area contributed by atoms with Crippen molar-refractivity contribution in [3.05, 3.63) is 6.33 Å². The second kappa shape index (κ2) is 2.53. The van der Waals surface area contributed by atoms with Gasteiger partial charge in [0.15, 0.2) is 6.33 Å². The highest BCUT2D eigenvalue weighted by Gasteiger charge is 2.55. The van der Waals surface area contributed by atoms with Crippen molar-refractivity contribution in [1.82, 2.24) is 20.2 Å². The molecule has 3 rings (SSSR count). The van der Waals surface area contributed by atoms with E-state index in [4.69, 9.17) is 0 Å². The van der Waals surface area contributed by atoms with Gasteiger partial charge in [-0.3, -0.25) is 0 Å². The van der Waals surface area contributed by atoms with Crippen molar-refractivity contribution in [3.8, 4) is 0 Å². The summed E-state index contributed by atoms with van der Waals surface area (Å²) >= 11 is 0. The highest BCUT2D eigenvalue weighted by molar-refractivity contribution is 5.03. The summed E-state index contributed by atoms with van der Waals surface area (Å²) in [5.41, 5.74) is 0. The molecule has 2 unspecified atom stereocenters. The summed E-state index contributed by atoms with van der Waals surface area (Å²) in [5.74, 6) is 2.78. The van der Waals surface area contributed by atoms with E-state index in [9.17, 15) is 0 Å². The molecule has 13 heavy (non-hydrogen) atoms. The minimum atomic E-state index is 0.456. The topological polar surface area (TPSA) is 43.6 Å². The highest BCUT2D eigenvalue weighted by atomic mass is 15.6. The molecule has 0 saturated heterocycles. The van der Waals surface area contributed by atoms with Crippen LogP contribution in [0.15, 0.2) is 6.33 Å². The van der Waals surface area contributed by atoms with Gasteiger partial charge in [0.2, 0.25) is 0 Å². The van der Waals surface area contributed by atoms with Crippen molar-refractivity contribution in [3.63, 3.8) is 0 Å². The SMILES string of the molecule is CC(C1[C@H]2CCC[C@@H]12)n1ncnn1. The van der Waals surface area contributed by atoms with Crippen LogP contribution >= 0.6 is 0 Å². The molecular formula is C9H14N4. The first-order chi connectivity index (χ1) is 6.38. The van der Waals surface area contributed by atoms with Gasteiger partial charge in [-0.25, -0.2) is 0 Å². The Balaban J connectivity index is 1.74. The predicted molar refractivity (Wildman–Crippen MR) is 46.8 cm³/mol. The largest absolute Gasteiger partial charge is 0.162 e. The predicted octanol–water partition coefficient (Wildman–Crippen LogP) is 1.28. The molecule has 0 bridgehead atoms. The van der Waals surface area contributed by atoms with Crippen LogP contribution in [0.5, 0.6) is 0 Å². The van der Waals surface area contributed by atoms with Crippen LogP contribution in [0.3, 0.4) is 0 Å². The van der Waals surface area contributed by atoms with Crippen LogP contribution < -0.4 is 0 Å². The van der Waals surface area contributed by atoms with Gasteiger partial charge >= 0.3 is 0 Å². The Morgan fingerprint density at radius 1 is 1.38 bits per heavy atom. The van der Waals surface area contributed by atoms with Crippen LogP contribution in [-0.2, 0) is 0 Å². The quantitative estimate of drug-likeness (QED) is 0.685. The fraction of sp³-hybridized carbons (Fsp3) is 0.889. The molecule has 2 fully saturated rings. The van der Waals surface area contributed by atoms with E-state index in [0.717, 1.165) is 17.8 Å². The normalized spacial score (nSPS) is 38.7. The molecule has 2 aliphatic carbocycles. The summed E-state index contributed by atoms with van der Waals surface area (Å²) in [6.07, 6.45) is 5.81.